The Labute approximate surface area is 152 Å². The molecule has 1 aliphatic rings. The number of halogens is 2. The quantitative estimate of drug-likeness (QED) is 0.672. The van der Waals surface area contributed by atoms with Gasteiger partial charge in [-0.3, -0.25) is 15.2 Å². The van der Waals surface area contributed by atoms with Crippen molar-refractivity contribution in [3.63, 3.8) is 0 Å². The first kappa shape index (κ1) is 17.2. The standard InChI is InChI=1S/C16H15BrClN3O3/c17-11-2-3-12-10(7-19)8-20(14(12)6-11)16(22)9-1-4-13(18)15(5-9)21(23)24/h1-6,10,23-24H,7-8,19H2. The molecule has 0 bridgehead atoms. The normalized spacial score (nSPS) is 16.2. The maximum absolute atomic E-state index is 12.9. The minimum Gasteiger partial charge on any atom is -0.330 e. The summed E-state index contributed by atoms with van der Waals surface area (Å²) in [5.74, 6) is -0.193. The number of carbonyl (C=O) groups is 1. The van der Waals surface area contributed by atoms with Gasteiger partial charge in [-0.2, -0.15) is 0 Å². The first-order valence-electron chi connectivity index (χ1n) is 7.21. The number of nitrogens with zero attached hydrogens (tertiary/aromatic N) is 2. The van der Waals surface area contributed by atoms with E-state index in [2.05, 4.69) is 15.9 Å². The second kappa shape index (κ2) is 6.70. The Morgan fingerprint density at radius 2 is 2.08 bits per heavy atom. The van der Waals surface area contributed by atoms with Crippen LogP contribution in [0.25, 0.3) is 0 Å². The lowest BCUT2D eigenvalue weighted by atomic mass is 10.0. The topological polar surface area (TPSA) is 90.0 Å². The summed E-state index contributed by atoms with van der Waals surface area (Å²) in [6.45, 7) is 0.909. The molecule has 0 radical (unpaired) electrons. The van der Waals surface area contributed by atoms with Crippen LogP contribution in [0.3, 0.4) is 0 Å². The molecular formula is C16H15BrClN3O3. The Morgan fingerprint density at radius 3 is 2.75 bits per heavy atom. The van der Waals surface area contributed by atoms with Crippen molar-refractivity contribution in [2.45, 2.75) is 5.92 Å². The number of hydrogen-bond donors (Lipinski definition) is 3. The molecule has 3 rings (SSSR count). The second-order valence-electron chi connectivity index (χ2n) is 5.51. The summed E-state index contributed by atoms with van der Waals surface area (Å²) in [5, 5.41) is 18.4. The number of amides is 1. The van der Waals surface area contributed by atoms with Crippen molar-refractivity contribution in [3.05, 3.63) is 57.0 Å². The molecule has 2 aromatic rings. The lowest BCUT2D eigenvalue weighted by Crippen LogP contribution is -2.31. The Bertz CT molecular complexity index is 800. The van der Waals surface area contributed by atoms with E-state index in [0.717, 1.165) is 15.7 Å². The van der Waals surface area contributed by atoms with Crippen molar-refractivity contribution in [1.82, 2.24) is 0 Å². The van der Waals surface area contributed by atoms with E-state index in [4.69, 9.17) is 17.3 Å². The van der Waals surface area contributed by atoms with E-state index in [-0.39, 0.29) is 27.8 Å². The van der Waals surface area contributed by atoms with Gasteiger partial charge in [-0.05, 0) is 35.9 Å². The average molecular weight is 413 g/mol. The highest BCUT2D eigenvalue weighted by molar-refractivity contribution is 9.10. The lowest BCUT2D eigenvalue weighted by molar-refractivity contribution is 0.0292. The number of hydrogen-bond acceptors (Lipinski definition) is 5. The molecular weight excluding hydrogens is 398 g/mol. The first-order chi connectivity index (χ1) is 11.4. The minimum absolute atomic E-state index is 0.0634. The third kappa shape index (κ3) is 3.01. The Kier molecular flexibility index (Phi) is 4.80. The van der Waals surface area contributed by atoms with E-state index in [0.29, 0.717) is 18.7 Å². The Morgan fingerprint density at radius 1 is 1.33 bits per heavy atom. The summed E-state index contributed by atoms with van der Waals surface area (Å²) >= 11 is 9.31. The van der Waals surface area contributed by atoms with Gasteiger partial charge in [-0.15, -0.1) is 5.23 Å². The molecule has 8 heteroatoms. The van der Waals surface area contributed by atoms with Gasteiger partial charge in [0.2, 0.25) is 0 Å². The van der Waals surface area contributed by atoms with Gasteiger partial charge in [0.15, 0.2) is 0 Å². The summed E-state index contributed by atoms with van der Waals surface area (Å²) < 4.78 is 0.866. The van der Waals surface area contributed by atoms with Crippen LogP contribution in [-0.2, 0) is 0 Å². The predicted molar refractivity (Wildman–Crippen MR) is 95.1 cm³/mol. The number of benzene rings is 2. The fraction of sp³-hybridized carbons (Fsp3) is 0.188. The molecule has 0 saturated carbocycles. The highest BCUT2D eigenvalue weighted by Crippen LogP contribution is 2.38. The third-order valence-electron chi connectivity index (χ3n) is 4.06. The smallest absolute Gasteiger partial charge is 0.258 e. The molecule has 0 fully saturated rings. The number of rotatable bonds is 3. The van der Waals surface area contributed by atoms with Crippen molar-refractivity contribution in [3.8, 4) is 0 Å². The van der Waals surface area contributed by atoms with Crippen LogP contribution in [0.1, 0.15) is 21.8 Å². The molecule has 1 heterocycles. The minimum atomic E-state index is -0.259. The highest BCUT2D eigenvalue weighted by atomic mass is 79.9. The fourth-order valence-electron chi connectivity index (χ4n) is 2.86. The first-order valence-corrected chi connectivity index (χ1v) is 8.38. The molecule has 2 aromatic carbocycles. The van der Waals surface area contributed by atoms with Crippen molar-refractivity contribution in [1.29, 1.82) is 0 Å². The SMILES string of the molecule is NCC1CN(C(=O)c2ccc(Cl)c(N(O)O)c2)c2cc(Br)ccc21. The van der Waals surface area contributed by atoms with Crippen LogP contribution >= 0.6 is 27.5 Å². The molecule has 4 N–H and O–H groups in total. The van der Waals surface area contributed by atoms with Crippen LogP contribution in [0.4, 0.5) is 11.4 Å². The molecule has 0 saturated heterocycles. The van der Waals surface area contributed by atoms with Gasteiger partial charge >= 0.3 is 0 Å². The van der Waals surface area contributed by atoms with Gasteiger partial charge in [0.05, 0.1) is 5.02 Å². The average Bonchev–Trinajstić information content (AvgIpc) is 2.92. The molecule has 1 amide bonds. The van der Waals surface area contributed by atoms with Crippen molar-refractivity contribution < 1.29 is 15.2 Å². The largest absolute Gasteiger partial charge is 0.330 e. The highest BCUT2D eigenvalue weighted by Gasteiger charge is 2.32. The maximum atomic E-state index is 12.9. The molecule has 1 unspecified atom stereocenters. The van der Waals surface area contributed by atoms with Crippen LogP contribution < -0.4 is 15.9 Å². The van der Waals surface area contributed by atoms with Crippen LogP contribution in [0.15, 0.2) is 40.9 Å². The number of carbonyl (C=O) groups excluding carboxylic acids is 1. The second-order valence-corrected chi connectivity index (χ2v) is 6.83. The molecule has 1 atom stereocenters. The van der Waals surface area contributed by atoms with Crippen LogP contribution in [-0.4, -0.2) is 29.4 Å². The van der Waals surface area contributed by atoms with Gasteiger partial charge in [0.1, 0.15) is 5.69 Å². The third-order valence-corrected chi connectivity index (χ3v) is 4.88. The van der Waals surface area contributed by atoms with Crippen molar-refractivity contribution in [2.24, 2.45) is 5.73 Å². The fourth-order valence-corrected chi connectivity index (χ4v) is 3.40. The summed E-state index contributed by atoms with van der Waals surface area (Å²) in [7, 11) is 0. The zero-order valence-electron chi connectivity index (χ0n) is 12.5. The number of fused-ring (bicyclic) bond motifs is 1. The molecule has 126 valence electrons. The number of anilines is 2. The Balaban J connectivity index is 2.00. The van der Waals surface area contributed by atoms with Crippen LogP contribution in [0.5, 0.6) is 0 Å². The lowest BCUT2D eigenvalue weighted by Gasteiger charge is -2.19. The molecule has 0 aromatic heterocycles. The molecule has 24 heavy (non-hydrogen) atoms. The molecule has 6 nitrogen and oxygen atoms in total. The van der Waals surface area contributed by atoms with E-state index < -0.39 is 0 Å². The van der Waals surface area contributed by atoms with Crippen LogP contribution in [0, 0.1) is 0 Å². The molecule has 0 spiro atoms. The molecule has 1 aliphatic heterocycles. The van der Waals surface area contributed by atoms with Gasteiger partial charge in [0, 0.05) is 34.7 Å². The van der Waals surface area contributed by atoms with Crippen LogP contribution in [0.2, 0.25) is 5.02 Å². The van der Waals surface area contributed by atoms with Gasteiger partial charge < -0.3 is 10.6 Å². The summed E-state index contributed by atoms with van der Waals surface area (Å²) in [6.07, 6.45) is 0. The van der Waals surface area contributed by atoms with E-state index in [1.165, 1.54) is 12.1 Å². The maximum Gasteiger partial charge on any atom is 0.258 e. The summed E-state index contributed by atoms with van der Waals surface area (Å²) in [6, 6.07) is 10.1. The van der Waals surface area contributed by atoms with Gasteiger partial charge in [-0.25, -0.2) is 0 Å². The summed E-state index contributed by atoms with van der Waals surface area (Å²) in [4.78, 5) is 14.6. The van der Waals surface area contributed by atoms with Gasteiger partial charge in [0.25, 0.3) is 5.91 Å². The zero-order valence-corrected chi connectivity index (χ0v) is 14.8. The van der Waals surface area contributed by atoms with E-state index in [9.17, 15) is 15.2 Å². The Hall–Kier alpha value is -1.64. The van der Waals surface area contributed by atoms with Crippen molar-refractivity contribution >= 4 is 44.8 Å². The number of nitrogens with two attached hydrogens (primary N) is 1. The zero-order chi connectivity index (χ0) is 17.4. The molecule has 0 aliphatic carbocycles. The monoisotopic (exact) mass is 411 g/mol. The van der Waals surface area contributed by atoms with E-state index in [1.807, 2.05) is 18.2 Å². The van der Waals surface area contributed by atoms with Gasteiger partial charge in [-0.1, -0.05) is 33.6 Å². The summed E-state index contributed by atoms with van der Waals surface area (Å²) in [5.41, 5.74) is 7.89. The predicted octanol–water partition coefficient (Wildman–Crippen LogP) is 3.39. The van der Waals surface area contributed by atoms with E-state index >= 15 is 0 Å². The van der Waals surface area contributed by atoms with Crippen molar-refractivity contribution in [2.75, 3.05) is 23.2 Å². The van der Waals surface area contributed by atoms with E-state index in [1.54, 1.807) is 11.0 Å².